The van der Waals surface area contributed by atoms with Crippen molar-refractivity contribution in [2.24, 2.45) is 5.92 Å². The number of amides is 2. The highest BCUT2D eigenvalue weighted by Crippen LogP contribution is 2.28. The van der Waals surface area contributed by atoms with Gasteiger partial charge in [0, 0.05) is 25.6 Å². The quantitative estimate of drug-likeness (QED) is 0.667. The van der Waals surface area contributed by atoms with Gasteiger partial charge in [-0.3, -0.25) is 9.59 Å². The van der Waals surface area contributed by atoms with Crippen LogP contribution in [0.15, 0.2) is 18.2 Å². The highest BCUT2D eigenvalue weighted by molar-refractivity contribution is 5.99. The molecule has 2 amide bonds. The van der Waals surface area contributed by atoms with Gasteiger partial charge in [0.25, 0.3) is 5.91 Å². The van der Waals surface area contributed by atoms with Crippen LogP contribution in [0, 0.1) is 11.7 Å². The van der Waals surface area contributed by atoms with E-state index < -0.39 is 5.82 Å². The molecule has 1 fully saturated rings. The van der Waals surface area contributed by atoms with Crippen LogP contribution in [0.25, 0.3) is 0 Å². The molecule has 0 radical (unpaired) electrons. The third-order valence-electron chi connectivity index (χ3n) is 3.27. The molecule has 5 nitrogen and oxygen atoms in total. The Kier molecular flexibility index (Phi) is 5.14. The topological polar surface area (TPSA) is 70.2 Å². The average molecular weight is 293 g/mol. The maximum atomic E-state index is 13.7. The maximum Gasteiger partial charge on any atom is 0.253 e. The molecule has 0 saturated heterocycles. The predicted octanol–water partition coefficient (Wildman–Crippen LogP) is 1.51. The van der Waals surface area contributed by atoms with Crippen LogP contribution in [-0.4, -0.2) is 31.4 Å². The lowest BCUT2D eigenvalue weighted by Crippen LogP contribution is -2.35. The van der Waals surface area contributed by atoms with Gasteiger partial charge in [-0.1, -0.05) is 6.07 Å². The fourth-order valence-electron chi connectivity index (χ4n) is 2.02. The smallest absolute Gasteiger partial charge is 0.253 e. The number of nitrogens with one attached hydrogen (secondary N) is 3. The van der Waals surface area contributed by atoms with Gasteiger partial charge in [-0.25, -0.2) is 4.39 Å². The van der Waals surface area contributed by atoms with E-state index in [9.17, 15) is 14.0 Å². The van der Waals surface area contributed by atoms with Gasteiger partial charge in [-0.05, 0) is 31.9 Å². The molecule has 0 spiro atoms. The number of carbonyl (C=O) groups excluding carboxylic acids is 2. The van der Waals surface area contributed by atoms with E-state index in [2.05, 4.69) is 16.0 Å². The minimum atomic E-state index is -0.452. The first-order valence-electron chi connectivity index (χ1n) is 7.21. The van der Waals surface area contributed by atoms with Crippen molar-refractivity contribution >= 4 is 17.5 Å². The zero-order chi connectivity index (χ0) is 15.2. The van der Waals surface area contributed by atoms with Gasteiger partial charge in [0.15, 0.2) is 0 Å². The molecule has 1 aliphatic rings. The summed E-state index contributed by atoms with van der Waals surface area (Å²) in [6, 6.07) is 4.38. The van der Waals surface area contributed by atoms with Crippen molar-refractivity contribution in [3.8, 4) is 0 Å². The maximum absolute atomic E-state index is 13.7. The van der Waals surface area contributed by atoms with Crippen molar-refractivity contribution in [1.82, 2.24) is 10.6 Å². The van der Waals surface area contributed by atoms with Crippen LogP contribution in [0.2, 0.25) is 0 Å². The normalized spacial score (nSPS) is 13.6. The Hall–Kier alpha value is -2.11. The van der Waals surface area contributed by atoms with Crippen molar-refractivity contribution in [2.75, 3.05) is 25.0 Å². The molecule has 0 bridgehead atoms. The van der Waals surface area contributed by atoms with Gasteiger partial charge in [0.2, 0.25) is 5.91 Å². The van der Waals surface area contributed by atoms with Gasteiger partial charge < -0.3 is 16.0 Å². The number of hydrogen-bond donors (Lipinski definition) is 3. The molecule has 114 valence electrons. The molecule has 6 heteroatoms. The second-order valence-corrected chi connectivity index (χ2v) is 5.01. The summed E-state index contributed by atoms with van der Waals surface area (Å²) in [6.45, 7) is 3.06. The first kappa shape index (κ1) is 15.3. The summed E-state index contributed by atoms with van der Waals surface area (Å²) < 4.78 is 13.7. The minimum Gasteiger partial charge on any atom is -0.382 e. The van der Waals surface area contributed by atoms with E-state index >= 15 is 0 Å². The summed E-state index contributed by atoms with van der Waals surface area (Å²) in [5.74, 6) is -0.606. The van der Waals surface area contributed by atoms with Crippen LogP contribution in [-0.2, 0) is 4.79 Å². The molecule has 2 rings (SSSR count). The highest BCUT2D eigenvalue weighted by atomic mass is 19.1. The number of para-hydroxylation sites is 1. The van der Waals surface area contributed by atoms with Crippen molar-refractivity contribution in [1.29, 1.82) is 0 Å². The molecule has 21 heavy (non-hydrogen) atoms. The van der Waals surface area contributed by atoms with E-state index in [0.29, 0.717) is 19.6 Å². The van der Waals surface area contributed by atoms with Crippen LogP contribution in [0.1, 0.15) is 30.1 Å². The summed E-state index contributed by atoms with van der Waals surface area (Å²) in [5.41, 5.74) is 0.477. The van der Waals surface area contributed by atoms with Crippen molar-refractivity contribution < 1.29 is 14.0 Å². The number of carbonyl (C=O) groups is 2. The van der Waals surface area contributed by atoms with E-state index in [1.807, 2.05) is 6.92 Å². The first-order valence-corrected chi connectivity index (χ1v) is 7.21. The molecule has 1 saturated carbocycles. The lowest BCUT2D eigenvalue weighted by atomic mass is 10.1. The highest BCUT2D eigenvalue weighted by Gasteiger charge is 2.29. The molecule has 0 heterocycles. The lowest BCUT2D eigenvalue weighted by Gasteiger charge is -2.12. The summed E-state index contributed by atoms with van der Waals surface area (Å²) in [4.78, 5) is 23.5. The molecule has 1 aliphatic carbocycles. The second-order valence-electron chi connectivity index (χ2n) is 5.01. The van der Waals surface area contributed by atoms with Gasteiger partial charge in [0.1, 0.15) is 5.82 Å². The van der Waals surface area contributed by atoms with E-state index in [4.69, 9.17) is 0 Å². The molecule has 3 N–H and O–H groups in total. The van der Waals surface area contributed by atoms with Crippen LogP contribution in [0.3, 0.4) is 0 Å². The Morgan fingerprint density at radius 2 is 1.95 bits per heavy atom. The second kappa shape index (κ2) is 7.06. The molecule has 0 aromatic heterocycles. The Bertz CT molecular complexity index is 530. The Morgan fingerprint density at radius 1 is 1.24 bits per heavy atom. The molecule has 1 aromatic rings. The molecule has 0 unspecified atom stereocenters. The summed E-state index contributed by atoms with van der Waals surface area (Å²) in [6.07, 6.45) is 1.90. The standard InChI is InChI=1S/C15H20FN3O2/c1-2-17-13-11(4-3-5-12(13)16)15(21)19-9-8-18-14(20)10-6-7-10/h3-5,10,17H,2,6-9H2,1H3,(H,18,20)(H,19,21). The van der Waals surface area contributed by atoms with Gasteiger partial charge in [-0.2, -0.15) is 0 Å². The third-order valence-corrected chi connectivity index (χ3v) is 3.27. The number of halogens is 1. The predicted molar refractivity (Wildman–Crippen MR) is 78.6 cm³/mol. The van der Waals surface area contributed by atoms with E-state index in [1.165, 1.54) is 12.1 Å². The van der Waals surface area contributed by atoms with Crippen molar-refractivity contribution in [3.63, 3.8) is 0 Å². The monoisotopic (exact) mass is 293 g/mol. The van der Waals surface area contributed by atoms with Crippen LogP contribution in [0.4, 0.5) is 10.1 Å². The van der Waals surface area contributed by atoms with Gasteiger partial charge in [-0.15, -0.1) is 0 Å². The van der Waals surface area contributed by atoms with Crippen LogP contribution >= 0.6 is 0 Å². The summed E-state index contributed by atoms with van der Waals surface area (Å²) >= 11 is 0. The molecular formula is C15H20FN3O2. The van der Waals surface area contributed by atoms with Gasteiger partial charge >= 0.3 is 0 Å². The zero-order valence-electron chi connectivity index (χ0n) is 12.0. The van der Waals surface area contributed by atoms with Gasteiger partial charge in [0.05, 0.1) is 11.3 Å². The fourth-order valence-corrected chi connectivity index (χ4v) is 2.02. The molecule has 0 aliphatic heterocycles. The third kappa shape index (κ3) is 4.18. The number of benzene rings is 1. The van der Waals surface area contributed by atoms with E-state index in [0.717, 1.165) is 12.8 Å². The SMILES string of the molecule is CCNc1c(F)cccc1C(=O)NCCNC(=O)C1CC1. The molecular weight excluding hydrogens is 273 g/mol. The largest absolute Gasteiger partial charge is 0.382 e. The number of rotatable bonds is 7. The molecule has 1 aromatic carbocycles. The van der Waals surface area contributed by atoms with Crippen LogP contribution < -0.4 is 16.0 Å². The number of hydrogen-bond acceptors (Lipinski definition) is 3. The minimum absolute atomic E-state index is 0.0448. The Balaban J connectivity index is 1.84. The average Bonchev–Trinajstić information content (AvgIpc) is 3.30. The Labute approximate surface area is 123 Å². The van der Waals surface area contributed by atoms with Crippen molar-refractivity contribution in [2.45, 2.75) is 19.8 Å². The van der Waals surface area contributed by atoms with Crippen molar-refractivity contribution in [3.05, 3.63) is 29.6 Å². The zero-order valence-corrected chi connectivity index (χ0v) is 12.0. The van der Waals surface area contributed by atoms with E-state index in [-0.39, 0.29) is 29.0 Å². The fraction of sp³-hybridized carbons (Fsp3) is 0.467. The molecule has 0 atom stereocenters. The van der Waals surface area contributed by atoms with E-state index in [1.54, 1.807) is 6.07 Å². The summed E-state index contributed by atoms with van der Waals surface area (Å²) in [7, 11) is 0. The first-order chi connectivity index (χ1) is 10.1. The Morgan fingerprint density at radius 3 is 2.62 bits per heavy atom. The number of anilines is 1. The lowest BCUT2D eigenvalue weighted by molar-refractivity contribution is -0.122. The van der Waals surface area contributed by atoms with Crippen LogP contribution in [0.5, 0.6) is 0 Å². The summed E-state index contributed by atoms with van der Waals surface area (Å²) in [5, 5.41) is 8.29.